The maximum absolute atomic E-state index is 5.74. The summed E-state index contributed by atoms with van der Waals surface area (Å²) in [6.45, 7) is 14.0. The molecule has 0 saturated carbocycles. The Hall–Kier alpha value is -1.10. The molecule has 2 saturated heterocycles. The van der Waals surface area contributed by atoms with E-state index in [2.05, 4.69) is 54.5 Å². The van der Waals surface area contributed by atoms with Crippen molar-refractivity contribution in [2.45, 2.75) is 45.1 Å². The standard InChI is InChI=1S/C24H40N4O3.HI/c1-5-25-23(26-17-20(3)28-10-14-31-15-11-28)27-18-24(8-12-30-13-9-24)21-16-19(2)6-7-22(21)29-4;/h6-7,16,20H,5,8-15,17-18H2,1-4H3,(H2,25,26,27);1H. The van der Waals surface area contributed by atoms with Crippen molar-refractivity contribution in [1.82, 2.24) is 15.5 Å². The highest BCUT2D eigenvalue weighted by atomic mass is 127. The summed E-state index contributed by atoms with van der Waals surface area (Å²) >= 11 is 0. The quantitative estimate of drug-likeness (QED) is 0.290. The monoisotopic (exact) mass is 560 g/mol. The number of morpholine rings is 1. The molecule has 0 aromatic heterocycles. The molecule has 0 amide bonds. The Morgan fingerprint density at radius 3 is 2.50 bits per heavy atom. The van der Waals surface area contributed by atoms with E-state index in [1.54, 1.807) is 7.11 Å². The summed E-state index contributed by atoms with van der Waals surface area (Å²) in [6, 6.07) is 6.89. The zero-order chi connectivity index (χ0) is 22.1. The van der Waals surface area contributed by atoms with Gasteiger partial charge in [-0.2, -0.15) is 0 Å². The molecule has 1 aromatic rings. The van der Waals surface area contributed by atoms with Gasteiger partial charge in [-0.25, -0.2) is 0 Å². The molecule has 2 heterocycles. The number of hydrogen-bond acceptors (Lipinski definition) is 5. The van der Waals surface area contributed by atoms with Crippen LogP contribution in [0.3, 0.4) is 0 Å². The van der Waals surface area contributed by atoms with E-state index in [1.807, 2.05) is 0 Å². The number of nitrogens with one attached hydrogen (secondary N) is 2. The maximum Gasteiger partial charge on any atom is 0.191 e. The van der Waals surface area contributed by atoms with Gasteiger partial charge in [0.1, 0.15) is 5.75 Å². The van der Waals surface area contributed by atoms with Gasteiger partial charge in [0.2, 0.25) is 0 Å². The average molecular weight is 561 g/mol. The van der Waals surface area contributed by atoms with Gasteiger partial charge in [0.15, 0.2) is 5.96 Å². The van der Waals surface area contributed by atoms with Gasteiger partial charge in [0.25, 0.3) is 0 Å². The van der Waals surface area contributed by atoms with Crippen LogP contribution in [0.1, 0.15) is 37.8 Å². The highest BCUT2D eigenvalue weighted by molar-refractivity contribution is 14.0. The third-order valence-corrected chi connectivity index (χ3v) is 6.49. The lowest BCUT2D eigenvalue weighted by Crippen LogP contribution is -2.49. The van der Waals surface area contributed by atoms with E-state index >= 15 is 0 Å². The Kier molecular flexibility index (Phi) is 11.5. The molecule has 0 bridgehead atoms. The Morgan fingerprint density at radius 2 is 1.84 bits per heavy atom. The first-order chi connectivity index (χ1) is 15.1. The van der Waals surface area contributed by atoms with Crippen LogP contribution in [0.2, 0.25) is 0 Å². The van der Waals surface area contributed by atoms with Crippen molar-refractivity contribution >= 4 is 29.9 Å². The van der Waals surface area contributed by atoms with Gasteiger partial charge >= 0.3 is 0 Å². The molecule has 1 atom stereocenters. The molecule has 2 fully saturated rings. The molecule has 0 radical (unpaired) electrons. The fraction of sp³-hybridized carbons (Fsp3) is 0.708. The number of benzene rings is 1. The highest BCUT2D eigenvalue weighted by Gasteiger charge is 2.37. The van der Waals surface area contributed by atoms with Gasteiger partial charge in [0, 0.05) is 56.4 Å². The molecular weight excluding hydrogens is 519 g/mol. The van der Waals surface area contributed by atoms with E-state index in [4.69, 9.17) is 19.2 Å². The van der Waals surface area contributed by atoms with Crippen molar-refractivity contribution in [3.8, 4) is 5.75 Å². The Balaban J connectivity index is 0.00000363. The van der Waals surface area contributed by atoms with Gasteiger partial charge in [-0.05, 0) is 39.7 Å². The van der Waals surface area contributed by atoms with Crippen molar-refractivity contribution in [1.29, 1.82) is 0 Å². The van der Waals surface area contributed by atoms with Crippen LogP contribution < -0.4 is 15.4 Å². The number of ether oxygens (including phenoxy) is 3. The van der Waals surface area contributed by atoms with E-state index < -0.39 is 0 Å². The third kappa shape index (κ3) is 7.20. The summed E-state index contributed by atoms with van der Waals surface area (Å²) in [6.07, 6.45) is 1.89. The summed E-state index contributed by atoms with van der Waals surface area (Å²) < 4.78 is 16.9. The first-order valence-corrected chi connectivity index (χ1v) is 11.6. The summed E-state index contributed by atoms with van der Waals surface area (Å²) in [7, 11) is 1.75. The van der Waals surface area contributed by atoms with Crippen LogP contribution in [-0.4, -0.2) is 83.2 Å². The molecule has 0 spiro atoms. The summed E-state index contributed by atoms with van der Waals surface area (Å²) in [5.74, 6) is 1.82. The molecule has 2 aliphatic rings. The van der Waals surface area contributed by atoms with Gasteiger partial charge in [-0.3, -0.25) is 9.89 Å². The Morgan fingerprint density at radius 1 is 1.16 bits per heavy atom. The predicted octanol–water partition coefficient (Wildman–Crippen LogP) is 2.95. The fourth-order valence-corrected chi connectivity index (χ4v) is 4.47. The normalized spacial score (nSPS) is 20.2. The van der Waals surface area contributed by atoms with Gasteiger partial charge in [-0.1, -0.05) is 17.7 Å². The number of nitrogens with zero attached hydrogens (tertiary/aromatic N) is 2. The molecule has 1 aromatic carbocycles. The molecule has 2 aliphatic heterocycles. The first-order valence-electron chi connectivity index (χ1n) is 11.6. The molecule has 32 heavy (non-hydrogen) atoms. The number of rotatable bonds is 8. The Labute approximate surface area is 210 Å². The van der Waals surface area contributed by atoms with Crippen LogP contribution in [-0.2, 0) is 14.9 Å². The van der Waals surface area contributed by atoms with Crippen molar-refractivity contribution in [2.75, 3.05) is 66.3 Å². The molecule has 7 nitrogen and oxygen atoms in total. The van der Waals surface area contributed by atoms with Crippen LogP contribution in [0.4, 0.5) is 0 Å². The maximum atomic E-state index is 5.74. The van der Waals surface area contributed by atoms with Crippen molar-refractivity contribution in [2.24, 2.45) is 4.99 Å². The summed E-state index contributed by atoms with van der Waals surface area (Å²) in [5.41, 5.74) is 2.42. The van der Waals surface area contributed by atoms with Crippen LogP contribution in [0.5, 0.6) is 5.75 Å². The van der Waals surface area contributed by atoms with E-state index in [0.29, 0.717) is 12.6 Å². The van der Waals surface area contributed by atoms with Crippen LogP contribution in [0, 0.1) is 6.92 Å². The van der Waals surface area contributed by atoms with Crippen molar-refractivity contribution in [3.63, 3.8) is 0 Å². The SMILES string of the molecule is CCNC(=NCC1(c2cc(C)ccc2OC)CCOCC1)NCC(C)N1CCOCC1.I. The second-order valence-electron chi connectivity index (χ2n) is 8.67. The largest absolute Gasteiger partial charge is 0.496 e. The first kappa shape index (κ1) is 27.1. The minimum absolute atomic E-state index is 0. The number of guanidine groups is 1. The van der Waals surface area contributed by atoms with E-state index in [9.17, 15) is 0 Å². The molecule has 3 rings (SSSR count). The molecule has 0 aliphatic carbocycles. The van der Waals surface area contributed by atoms with Gasteiger partial charge < -0.3 is 24.8 Å². The Bertz CT molecular complexity index is 719. The number of hydrogen-bond donors (Lipinski definition) is 2. The van der Waals surface area contributed by atoms with Crippen LogP contribution >= 0.6 is 24.0 Å². The minimum Gasteiger partial charge on any atom is -0.496 e. The van der Waals surface area contributed by atoms with E-state index in [-0.39, 0.29) is 29.4 Å². The van der Waals surface area contributed by atoms with Crippen LogP contribution in [0.15, 0.2) is 23.2 Å². The van der Waals surface area contributed by atoms with Crippen molar-refractivity contribution in [3.05, 3.63) is 29.3 Å². The second kappa shape index (κ2) is 13.6. The fourth-order valence-electron chi connectivity index (χ4n) is 4.47. The lowest BCUT2D eigenvalue weighted by atomic mass is 9.73. The highest BCUT2D eigenvalue weighted by Crippen LogP contribution is 2.40. The molecule has 182 valence electrons. The lowest BCUT2D eigenvalue weighted by molar-refractivity contribution is 0.0211. The molecule has 1 unspecified atom stereocenters. The third-order valence-electron chi connectivity index (χ3n) is 6.49. The smallest absolute Gasteiger partial charge is 0.191 e. The summed E-state index contributed by atoms with van der Waals surface area (Å²) in [4.78, 5) is 7.52. The average Bonchev–Trinajstić information content (AvgIpc) is 2.82. The number of aryl methyl sites for hydroxylation is 1. The van der Waals surface area contributed by atoms with E-state index in [0.717, 1.165) is 77.2 Å². The number of aliphatic imine (C=N–C) groups is 1. The lowest BCUT2D eigenvalue weighted by Gasteiger charge is -2.38. The second-order valence-corrected chi connectivity index (χ2v) is 8.67. The number of halogens is 1. The van der Waals surface area contributed by atoms with Gasteiger partial charge in [0.05, 0.1) is 26.9 Å². The zero-order valence-electron chi connectivity index (χ0n) is 20.1. The number of methoxy groups -OCH3 is 1. The molecule has 2 N–H and O–H groups in total. The predicted molar refractivity (Wildman–Crippen MR) is 141 cm³/mol. The minimum atomic E-state index is -0.0756. The van der Waals surface area contributed by atoms with Gasteiger partial charge in [-0.15, -0.1) is 24.0 Å². The molecule has 8 heteroatoms. The topological polar surface area (TPSA) is 67.4 Å². The summed E-state index contributed by atoms with van der Waals surface area (Å²) in [5, 5.41) is 6.98. The van der Waals surface area contributed by atoms with E-state index in [1.165, 1.54) is 11.1 Å². The van der Waals surface area contributed by atoms with Crippen molar-refractivity contribution < 1.29 is 14.2 Å². The van der Waals surface area contributed by atoms with Crippen LogP contribution in [0.25, 0.3) is 0 Å². The molecular formula is C24H41IN4O3. The zero-order valence-corrected chi connectivity index (χ0v) is 22.4.